The van der Waals surface area contributed by atoms with Gasteiger partial charge in [-0.15, -0.1) is 0 Å². The quantitative estimate of drug-likeness (QED) is 0.556. The van der Waals surface area contributed by atoms with E-state index in [1.807, 2.05) is 57.4 Å². The van der Waals surface area contributed by atoms with Gasteiger partial charge in [0.05, 0.1) is 28.7 Å². The van der Waals surface area contributed by atoms with Crippen LogP contribution in [0, 0.1) is 6.92 Å². The van der Waals surface area contributed by atoms with E-state index in [4.69, 9.17) is 0 Å². The molecule has 0 fully saturated rings. The first kappa shape index (κ1) is 15.1. The highest BCUT2D eigenvalue weighted by atomic mass is 16.2. The van der Waals surface area contributed by atoms with Gasteiger partial charge < -0.3 is 9.47 Å². The number of nitrogens with zero attached hydrogens (tertiary/aromatic N) is 6. The third-order valence-corrected chi connectivity index (χ3v) is 4.96. The van der Waals surface area contributed by atoms with Gasteiger partial charge in [-0.25, -0.2) is 14.5 Å². The molecule has 26 heavy (non-hydrogen) atoms. The molecule has 130 valence electrons. The third kappa shape index (κ3) is 2.35. The van der Waals surface area contributed by atoms with Gasteiger partial charge in [0.2, 0.25) is 5.91 Å². The predicted octanol–water partition coefficient (Wildman–Crippen LogP) is 1.97. The van der Waals surface area contributed by atoms with Crippen molar-refractivity contribution in [3.8, 4) is 0 Å². The molecule has 7 nitrogen and oxygen atoms in total. The minimum absolute atomic E-state index is 0.0931. The van der Waals surface area contributed by atoms with Crippen molar-refractivity contribution in [1.82, 2.24) is 29.0 Å². The zero-order valence-electron chi connectivity index (χ0n) is 14.5. The molecule has 4 heterocycles. The Labute approximate surface area is 149 Å². The summed E-state index contributed by atoms with van der Waals surface area (Å²) < 4.78 is 3.82. The molecule has 1 aliphatic heterocycles. The van der Waals surface area contributed by atoms with Crippen LogP contribution in [0.15, 0.2) is 42.9 Å². The molecule has 0 unspecified atom stereocenters. The van der Waals surface area contributed by atoms with E-state index in [1.54, 1.807) is 6.33 Å². The van der Waals surface area contributed by atoms with Crippen molar-refractivity contribution in [1.29, 1.82) is 0 Å². The fourth-order valence-corrected chi connectivity index (χ4v) is 3.65. The molecule has 1 amide bonds. The van der Waals surface area contributed by atoms with Crippen molar-refractivity contribution in [2.75, 3.05) is 6.54 Å². The molecule has 0 aliphatic carbocycles. The number of rotatable bonds is 2. The molecule has 0 N–H and O–H groups in total. The summed E-state index contributed by atoms with van der Waals surface area (Å²) in [6.07, 6.45) is 4.39. The Morgan fingerprint density at radius 3 is 3.04 bits per heavy atom. The van der Waals surface area contributed by atoms with Crippen LogP contribution in [0.2, 0.25) is 0 Å². The third-order valence-electron chi connectivity index (χ3n) is 4.96. The summed E-state index contributed by atoms with van der Waals surface area (Å²) in [6, 6.07) is 9.83. The smallest absolute Gasteiger partial charge is 0.242 e. The zero-order valence-corrected chi connectivity index (χ0v) is 14.5. The topological polar surface area (TPSA) is 68.3 Å². The lowest BCUT2D eigenvalue weighted by Crippen LogP contribution is -2.38. The number of hydrogen-bond donors (Lipinski definition) is 0. The highest BCUT2D eigenvalue weighted by Crippen LogP contribution is 2.20. The van der Waals surface area contributed by atoms with Gasteiger partial charge in [-0.2, -0.15) is 5.10 Å². The fraction of sp³-hybridized carbons (Fsp3) is 0.263. The highest BCUT2D eigenvalue weighted by Gasteiger charge is 2.24. The average molecular weight is 346 g/mol. The van der Waals surface area contributed by atoms with Crippen LogP contribution in [-0.2, 0) is 24.3 Å². The van der Waals surface area contributed by atoms with Crippen molar-refractivity contribution in [3.63, 3.8) is 0 Å². The van der Waals surface area contributed by atoms with Gasteiger partial charge in [0.15, 0.2) is 5.65 Å². The summed E-state index contributed by atoms with van der Waals surface area (Å²) in [7, 11) is 0. The number of hydrogen-bond acceptors (Lipinski definition) is 4. The molecule has 3 aromatic heterocycles. The lowest BCUT2D eigenvalue weighted by Gasteiger charge is -2.29. The Bertz CT molecular complexity index is 1140. The second-order valence-corrected chi connectivity index (χ2v) is 6.71. The molecule has 4 aromatic rings. The van der Waals surface area contributed by atoms with Crippen LogP contribution in [0.5, 0.6) is 0 Å². The van der Waals surface area contributed by atoms with E-state index in [-0.39, 0.29) is 5.91 Å². The van der Waals surface area contributed by atoms with E-state index < -0.39 is 0 Å². The maximum absolute atomic E-state index is 12.8. The number of fused-ring (bicyclic) bond motifs is 4. The van der Waals surface area contributed by atoms with Crippen LogP contribution < -0.4 is 0 Å². The van der Waals surface area contributed by atoms with Crippen molar-refractivity contribution in [2.24, 2.45) is 0 Å². The number of carbonyl (C=O) groups is 1. The van der Waals surface area contributed by atoms with Gasteiger partial charge in [0.1, 0.15) is 6.54 Å². The average Bonchev–Trinajstić information content (AvgIpc) is 3.24. The second kappa shape index (κ2) is 5.66. The predicted molar refractivity (Wildman–Crippen MR) is 96.6 cm³/mol. The Kier molecular flexibility index (Phi) is 3.28. The number of benzene rings is 1. The van der Waals surface area contributed by atoms with Crippen LogP contribution in [0.3, 0.4) is 0 Å². The lowest BCUT2D eigenvalue weighted by atomic mass is 10.1. The van der Waals surface area contributed by atoms with Gasteiger partial charge in [-0.05, 0) is 19.1 Å². The van der Waals surface area contributed by atoms with Crippen molar-refractivity contribution in [2.45, 2.75) is 26.4 Å². The van der Waals surface area contributed by atoms with E-state index in [0.29, 0.717) is 19.6 Å². The molecule has 0 atom stereocenters. The number of aryl methyl sites for hydroxylation is 1. The molecule has 0 bridgehead atoms. The van der Waals surface area contributed by atoms with Crippen LogP contribution in [0.25, 0.3) is 16.7 Å². The molecule has 1 aromatic carbocycles. The minimum Gasteiger partial charge on any atom is -0.336 e. The Morgan fingerprint density at radius 1 is 1.23 bits per heavy atom. The number of para-hydroxylation sites is 2. The molecule has 0 spiro atoms. The summed E-state index contributed by atoms with van der Waals surface area (Å²) in [5.74, 6) is 0.0931. The van der Waals surface area contributed by atoms with Crippen LogP contribution in [0.1, 0.15) is 17.0 Å². The molecule has 0 saturated heterocycles. The molecule has 0 saturated carbocycles. The maximum Gasteiger partial charge on any atom is 0.242 e. The molecular weight excluding hydrogens is 328 g/mol. The monoisotopic (exact) mass is 346 g/mol. The van der Waals surface area contributed by atoms with Crippen LogP contribution >= 0.6 is 0 Å². The number of imidazole rings is 1. The lowest BCUT2D eigenvalue weighted by molar-refractivity contribution is -0.132. The Balaban J connectivity index is 1.40. The Morgan fingerprint density at radius 2 is 2.12 bits per heavy atom. The highest BCUT2D eigenvalue weighted by molar-refractivity contribution is 5.80. The first-order valence-electron chi connectivity index (χ1n) is 8.70. The summed E-state index contributed by atoms with van der Waals surface area (Å²) in [6.45, 7) is 3.53. The number of aromatic nitrogens is 5. The SMILES string of the molecule is Cc1cc2ncc3c(n2n1)CCN(C(=O)Cn1cnc2ccccc21)C3. The summed E-state index contributed by atoms with van der Waals surface area (Å²) >= 11 is 0. The number of amides is 1. The van der Waals surface area contributed by atoms with Gasteiger partial charge in [0.25, 0.3) is 0 Å². The second-order valence-electron chi connectivity index (χ2n) is 6.71. The molecular formula is C19H18N6O. The summed E-state index contributed by atoms with van der Waals surface area (Å²) in [5, 5.41) is 4.53. The minimum atomic E-state index is 0.0931. The standard InChI is InChI=1S/C19H18N6O/c1-13-8-18-20-9-14-10-23(7-6-16(14)25(18)22-13)19(26)11-24-12-21-15-4-2-3-5-17(15)24/h2-5,8-9,12H,6-7,10-11H2,1H3. The van der Waals surface area contributed by atoms with Crippen molar-refractivity contribution in [3.05, 3.63) is 59.8 Å². The molecule has 5 rings (SSSR count). The molecule has 7 heteroatoms. The summed E-state index contributed by atoms with van der Waals surface area (Å²) in [5.41, 5.74) is 5.93. The van der Waals surface area contributed by atoms with Gasteiger partial charge in [-0.1, -0.05) is 12.1 Å². The first-order chi connectivity index (χ1) is 12.7. The van der Waals surface area contributed by atoms with E-state index in [9.17, 15) is 4.79 Å². The normalized spacial score (nSPS) is 14.1. The largest absolute Gasteiger partial charge is 0.336 e. The zero-order chi connectivity index (χ0) is 17.7. The molecule has 1 aliphatic rings. The van der Waals surface area contributed by atoms with E-state index >= 15 is 0 Å². The fourth-order valence-electron chi connectivity index (χ4n) is 3.65. The van der Waals surface area contributed by atoms with E-state index in [2.05, 4.69) is 15.1 Å². The van der Waals surface area contributed by atoms with Gasteiger partial charge in [0, 0.05) is 37.3 Å². The summed E-state index contributed by atoms with van der Waals surface area (Å²) in [4.78, 5) is 23.5. The van der Waals surface area contributed by atoms with E-state index in [0.717, 1.165) is 40.1 Å². The van der Waals surface area contributed by atoms with Crippen LogP contribution in [0.4, 0.5) is 0 Å². The number of carbonyl (C=O) groups excluding carboxylic acids is 1. The molecule has 0 radical (unpaired) electrons. The maximum atomic E-state index is 12.8. The van der Waals surface area contributed by atoms with Gasteiger partial charge in [-0.3, -0.25) is 4.79 Å². The van der Waals surface area contributed by atoms with Crippen LogP contribution in [-0.4, -0.2) is 41.5 Å². The first-order valence-corrected chi connectivity index (χ1v) is 8.70. The van der Waals surface area contributed by atoms with Gasteiger partial charge >= 0.3 is 0 Å². The van der Waals surface area contributed by atoms with Crippen molar-refractivity contribution < 1.29 is 4.79 Å². The Hall–Kier alpha value is -3.22. The van der Waals surface area contributed by atoms with Crippen molar-refractivity contribution >= 4 is 22.6 Å². The van der Waals surface area contributed by atoms with E-state index in [1.165, 1.54) is 0 Å².